The molecule has 2 aromatic rings. The molecule has 0 aliphatic heterocycles. The molecular formula is C16H19N3O2. The summed E-state index contributed by atoms with van der Waals surface area (Å²) in [6.07, 6.45) is 2.56. The van der Waals surface area contributed by atoms with E-state index in [0.717, 1.165) is 11.4 Å². The van der Waals surface area contributed by atoms with E-state index >= 15 is 0 Å². The van der Waals surface area contributed by atoms with Crippen molar-refractivity contribution in [1.29, 1.82) is 0 Å². The molecule has 0 radical (unpaired) electrons. The van der Waals surface area contributed by atoms with Crippen molar-refractivity contribution in [2.24, 2.45) is 0 Å². The van der Waals surface area contributed by atoms with E-state index < -0.39 is 6.10 Å². The van der Waals surface area contributed by atoms with Crippen LogP contribution in [0.5, 0.6) is 0 Å². The van der Waals surface area contributed by atoms with Gasteiger partial charge in [0, 0.05) is 13.0 Å². The van der Waals surface area contributed by atoms with Crippen LogP contribution in [0.2, 0.25) is 0 Å². The van der Waals surface area contributed by atoms with Gasteiger partial charge in [0.1, 0.15) is 5.82 Å². The van der Waals surface area contributed by atoms with Crippen LogP contribution in [-0.4, -0.2) is 23.0 Å². The number of hydrogen-bond donors (Lipinski definition) is 1. The number of anilines is 1. The van der Waals surface area contributed by atoms with Crippen molar-refractivity contribution in [2.45, 2.75) is 25.9 Å². The molecule has 0 aliphatic rings. The SMILES string of the molecule is CO[C@@H](C(=O)Nc1cnc(C(C)C)nc1)c1ccccc1. The zero-order valence-corrected chi connectivity index (χ0v) is 12.4. The van der Waals surface area contributed by atoms with Gasteiger partial charge in [-0.05, 0) is 5.56 Å². The molecule has 1 heterocycles. The number of hydrogen-bond acceptors (Lipinski definition) is 4. The molecule has 0 spiro atoms. The first-order chi connectivity index (χ1) is 10.1. The normalized spacial score (nSPS) is 12.2. The van der Waals surface area contributed by atoms with Crippen LogP contribution in [0.25, 0.3) is 0 Å². The van der Waals surface area contributed by atoms with Gasteiger partial charge in [-0.25, -0.2) is 9.97 Å². The number of carbonyl (C=O) groups excluding carboxylic acids is 1. The Morgan fingerprint density at radius 2 is 1.76 bits per heavy atom. The standard InChI is InChI=1S/C16H19N3O2/c1-11(2)15-17-9-13(10-18-15)19-16(20)14(21-3)12-7-5-4-6-8-12/h4-11,14H,1-3H3,(H,19,20)/t14-/m1/s1. The highest BCUT2D eigenvalue weighted by Gasteiger charge is 2.20. The van der Waals surface area contributed by atoms with Crippen molar-refractivity contribution in [3.05, 3.63) is 54.1 Å². The Bertz CT molecular complexity index is 582. The average Bonchev–Trinajstić information content (AvgIpc) is 2.49. The van der Waals surface area contributed by atoms with Crippen LogP contribution in [-0.2, 0) is 9.53 Å². The smallest absolute Gasteiger partial charge is 0.258 e. The zero-order valence-electron chi connectivity index (χ0n) is 12.4. The number of methoxy groups -OCH3 is 1. The molecule has 1 amide bonds. The van der Waals surface area contributed by atoms with Gasteiger partial charge in [-0.3, -0.25) is 4.79 Å². The van der Waals surface area contributed by atoms with E-state index in [1.807, 2.05) is 44.2 Å². The van der Waals surface area contributed by atoms with Gasteiger partial charge in [0.05, 0.1) is 18.1 Å². The fourth-order valence-corrected chi connectivity index (χ4v) is 1.93. The van der Waals surface area contributed by atoms with Crippen LogP contribution < -0.4 is 5.32 Å². The summed E-state index contributed by atoms with van der Waals surface area (Å²) in [6, 6.07) is 9.34. The number of ether oxygens (including phenoxy) is 1. The second-order valence-corrected chi connectivity index (χ2v) is 5.00. The van der Waals surface area contributed by atoms with Gasteiger partial charge in [0.15, 0.2) is 6.10 Å². The maximum Gasteiger partial charge on any atom is 0.258 e. The Morgan fingerprint density at radius 3 is 2.29 bits per heavy atom. The van der Waals surface area contributed by atoms with Crippen molar-refractivity contribution in [3.8, 4) is 0 Å². The first kappa shape index (κ1) is 15.1. The second-order valence-electron chi connectivity index (χ2n) is 5.00. The van der Waals surface area contributed by atoms with Crippen molar-refractivity contribution in [3.63, 3.8) is 0 Å². The number of aromatic nitrogens is 2. The Labute approximate surface area is 124 Å². The van der Waals surface area contributed by atoms with E-state index in [-0.39, 0.29) is 11.8 Å². The van der Waals surface area contributed by atoms with E-state index in [0.29, 0.717) is 5.69 Å². The zero-order chi connectivity index (χ0) is 15.2. The molecule has 5 heteroatoms. The lowest BCUT2D eigenvalue weighted by molar-refractivity contribution is -0.126. The summed E-state index contributed by atoms with van der Waals surface area (Å²) in [6.45, 7) is 4.04. The van der Waals surface area contributed by atoms with Crippen LogP contribution in [0.1, 0.15) is 37.3 Å². The molecule has 110 valence electrons. The molecule has 2 rings (SSSR count). The summed E-state index contributed by atoms with van der Waals surface area (Å²) < 4.78 is 5.28. The molecule has 1 aromatic heterocycles. The third kappa shape index (κ3) is 3.86. The molecule has 0 unspecified atom stereocenters. The molecule has 0 aliphatic carbocycles. The Kier molecular flexibility index (Phi) is 5.00. The summed E-state index contributed by atoms with van der Waals surface area (Å²) >= 11 is 0. The number of amides is 1. The third-order valence-corrected chi connectivity index (χ3v) is 3.03. The molecule has 1 atom stereocenters. The van der Waals surface area contributed by atoms with E-state index in [9.17, 15) is 4.79 Å². The third-order valence-electron chi connectivity index (χ3n) is 3.03. The highest BCUT2D eigenvalue weighted by molar-refractivity contribution is 5.94. The monoisotopic (exact) mass is 285 g/mol. The first-order valence-electron chi connectivity index (χ1n) is 6.82. The van der Waals surface area contributed by atoms with E-state index in [2.05, 4.69) is 15.3 Å². The van der Waals surface area contributed by atoms with Gasteiger partial charge in [0.2, 0.25) is 0 Å². The number of benzene rings is 1. The fraction of sp³-hybridized carbons (Fsp3) is 0.312. The Morgan fingerprint density at radius 1 is 1.14 bits per heavy atom. The largest absolute Gasteiger partial charge is 0.367 e. The maximum atomic E-state index is 12.3. The lowest BCUT2D eigenvalue weighted by Crippen LogP contribution is -2.22. The van der Waals surface area contributed by atoms with Crippen molar-refractivity contribution in [1.82, 2.24) is 9.97 Å². The predicted molar refractivity (Wildman–Crippen MR) is 80.9 cm³/mol. The molecule has 1 N–H and O–H groups in total. The summed E-state index contributed by atoms with van der Waals surface area (Å²) in [5.41, 5.74) is 1.36. The van der Waals surface area contributed by atoms with Gasteiger partial charge >= 0.3 is 0 Å². The number of nitrogens with zero attached hydrogens (tertiary/aromatic N) is 2. The number of nitrogens with one attached hydrogen (secondary N) is 1. The van der Waals surface area contributed by atoms with Crippen molar-refractivity contribution >= 4 is 11.6 Å². The number of carbonyl (C=O) groups is 1. The molecule has 1 aromatic carbocycles. The van der Waals surface area contributed by atoms with Crippen molar-refractivity contribution in [2.75, 3.05) is 12.4 Å². The minimum Gasteiger partial charge on any atom is -0.367 e. The molecule has 0 saturated heterocycles. The van der Waals surface area contributed by atoms with Crippen LogP contribution in [0, 0.1) is 0 Å². The molecule has 0 bridgehead atoms. The molecule has 0 saturated carbocycles. The second kappa shape index (κ2) is 6.95. The van der Waals surface area contributed by atoms with Crippen molar-refractivity contribution < 1.29 is 9.53 Å². The predicted octanol–water partition coefficient (Wildman–Crippen LogP) is 2.93. The highest BCUT2D eigenvalue weighted by Crippen LogP contribution is 2.19. The van der Waals surface area contributed by atoms with Crippen LogP contribution in [0.4, 0.5) is 5.69 Å². The number of rotatable bonds is 5. The van der Waals surface area contributed by atoms with E-state index in [1.165, 1.54) is 7.11 Å². The van der Waals surface area contributed by atoms with Gasteiger partial charge < -0.3 is 10.1 Å². The average molecular weight is 285 g/mol. The Hall–Kier alpha value is -2.27. The van der Waals surface area contributed by atoms with E-state index in [1.54, 1.807) is 12.4 Å². The summed E-state index contributed by atoms with van der Waals surface area (Å²) in [7, 11) is 1.51. The molecule has 21 heavy (non-hydrogen) atoms. The van der Waals surface area contributed by atoms with Gasteiger partial charge in [-0.1, -0.05) is 44.2 Å². The lowest BCUT2D eigenvalue weighted by atomic mass is 10.1. The Balaban J connectivity index is 2.09. The molecule has 0 fully saturated rings. The van der Waals surface area contributed by atoms with Crippen LogP contribution >= 0.6 is 0 Å². The molecular weight excluding hydrogens is 266 g/mol. The van der Waals surface area contributed by atoms with E-state index in [4.69, 9.17) is 4.74 Å². The molecule has 5 nitrogen and oxygen atoms in total. The minimum absolute atomic E-state index is 0.246. The highest BCUT2D eigenvalue weighted by atomic mass is 16.5. The maximum absolute atomic E-state index is 12.3. The topological polar surface area (TPSA) is 64.1 Å². The van der Waals surface area contributed by atoms with Crippen LogP contribution in [0.3, 0.4) is 0 Å². The summed E-state index contributed by atoms with van der Waals surface area (Å²) in [4.78, 5) is 20.7. The van der Waals surface area contributed by atoms with Crippen LogP contribution in [0.15, 0.2) is 42.7 Å². The van der Waals surface area contributed by atoms with Gasteiger partial charge in [-0.15, -0.1) is 0 Å². The summed E-state index contributed by atoms with van der Waals surface area (Å²) in [5.74, 6) is 0.759. The lowest BCUT2D eigenvalue weighted by Gasteiger charge is -2.15. The van der Waals surface area contributed by atoms with Gasteiger partial charge in [-0.2, -0.15) is 0 Å². The van der Waals surface area contributed by atoms with Gasteiger partial charge in [0.25, 0.3) is 5.91 Å². The first-order valence-corrected chi connectivity index (χ1v) is 6.82. The fourth-order valence-electron chi connectivity index (χ4n) is 1.93. The minimum atomic E-state index is -0.657. The quantitative estimate of drug-likeness (QED) is 0.917. The summed E-state index contributed by atoms with van der Waals surface area (Å²) in [5, 5.41) is 2.77.